The summed E-state index contributed by atoms with van der Waals surface area (Å²) in [5.41, 5.74) is 1.06. The topological polar surface area (TPSA) is 118 Å². The maximum absolute atomic E-state index is 14.7. The lowest BCUT2D eigenvalue weighted by molar-refractivity contribution is 0.0959. The number of para-hydroxylation sites is 1. The quantitative estimate of drug-likeness (QED) is 0.340. The number of hydrogen-bond acceptors (Lipinski definition) is 8. The third-order valence-electron chi connectivity index (χ3n) is 5.44. The summed E-state index contributed by atoms with van der Waals surface area (Å²) < 4.78 is 25.9. The second kappa shape index (κ2) is 12.3. The number of amides is 2. The van der Waals surface area contributed by atoms with Gasteiger partial charge < -0.3 is 25.4 Å². The van der Waals surface area contributed by atoms with E-state index < -0.39 is 17.8 Å². The minimum Gasteiger partial charge on any atom is -0.491 e. The zero-order valence-corrected chi connectivity index (χ0v) is 22.0. The summed E-state index contributed by atoms with van der Waals surface area (Å²) in [6.45, 7) is 4.44. The monoisotopic (exact) mass is 552 g/mol. The maximum Gasteiger partial charge on any atom is 0.414 e. The first-order valence-electron chi connectivity index (χ1n) is 12.1. The van der Waals surface area contributed by atoms with Gasteiger partial charge in [0.25, 0.3) is 5.91 Å². The lowest BCUT2D eigenvalue weighted by Gasteiger charge is -2.22. The second-order valence-electron chi connectivity index (χ2n) is 8.66. The highest BCUT2D eigenvalue weighted by Gasteiger charge is 2.25. The van der Waals surface area contributed by atoms with Crippen molar-refractivity contribution in [3.63, 3.8) is 0 Å². The van der Waals surface area contributed by atoms with Crippen LogP contribution in [0.15, 0.2) is 42.6 Å². The average molecular weight is 553 g/mol. The lowest BCUT2D eigenvalue weighted by atomic mass is 10.1. The molecule has 0 saturated heterocycles. The first kappa shape index (κ1) is 27.5. The van der Waals surface area contributed by atoms with E-state index >= 15 is 0 Å². The molecule has 2 heterocycles. The van der Waals surface area contributed by atoms with Crippen LogP contribution in [0.5, 0.6) is 5.75 Å². The Morgan fingerprint density at radius 2 is 2.10 bits per heavy atom. The molecule has 0 spiro atoms. The van der Waals surface area contributed by atoms with Crippen LogP contribution in [-0.4, -0.2) is 47.8 Å². The zero-order chi connectivity index (χ0) is 27.9. The van der Waals surface area contributed by atoms with E-state index in [-0.39, 0.29) is 40.7 Å². The summed E-state index contributed by atoms with van der Waals surface area (Å²) >= 11 is 6.28. The van der Waals surface area contributed by atoms with Crippen LogP contribution in [0.1, 0.15) is 30.6 Å². The Hall–Kier alpha value is -4.56. The second-order valence-corrected chi connectivity index (χ2v) is 9.07. The van der Waals surface area contributed by atoms with Crippen LogP contribution in [-0.2, 0) is 4.74 Å². The molecule has 10 nitrogen and oxygen atoms in total. The smallest absolute Gasteiger partial charge is 0.414 e. The predicted octanol–water partition coefficient (Wildman–Crippen LogP) is 5.25. The molecule has 2 aromatic carbocycles. The number of carbonyl (C=O) groups is 2. The Bertz CT molecular complexity index is 1430. The van der Waals surface area contributed by atoms with E-state index in [1.165, 1.54) is 24.4 Å². The third-order valence-corrected chi connectivity index (χ3v) is 5.72. The van der Waals surface area contributed by atoms with E-state index in [9.17, 15) is 14.0 Å². The van der Waals surface area contributed by atoms with E-state index in [1.54, 1.807) is 36.9 Å². The number of anilines is 5. The van der Waals surface area contributed by atoms with E-state index in [4.69, 9.17) is 27.5 Å². The Morgan fingerprint density at radius 1 is 1.28 bits per heavy atom. The van der Waals surface area contributed by atoms with Crippen LogP contribution in [0.25, 0.3) is 0 Å². The Morgan fingerprint density at radius 3 is 2.87 bits per heavy atom. The van der Waals surface area contributed by atoms with Crippen molar-refractivity contribution in [1.29, 1.82) is 0 Å². The largest absolute Gasteiger partial charge is 0.491 e. The van der Waals surface area contributed by atoms with Crippen LogP contribution >= 0.6 is 11.6 Å². The molecule has 0 radical (unpaired) electrons. The number of hydrogen-bond donors (Lipinski definition) is 3. The fraction of sp³-hybridized carbons (Fsp3) is 0.259. The molecule has 1 aliphatic rings. The van der Waals surface area contributed by atoms with Crippen molar-refractivity contribution < 1.29 is 23.5 Å². The highest BCUT2D eigenvalue weighted by molar-refractivity contribution is 6.33. The zero-order valence-electron chi connectivity index (χ0n) is 21.3. The fourth-order valence-corrected chi connectivity index (χ4v) is 3.88. The number of nitrogens with one attached hydrogen (secondary N) is 3. The van der Waals surface area contributed by atoms with Crippen molar-refractivity contribution in [2.75, 3.05) is 35.2 Å². The number of fused-ring (bicyclic) bond motifs is 1. The summed E-state index contributed by atoms with van der Waals surface area (Å²) in [6, 6.07) is 9.24. The van der Waals surface area contributed by atoms with Gasteiger partial charge in [0, 0.05) is 18.3 Å². The molecule has 0 unspecified atom stereocenters. The number of halogens is 2. The van der Waals surface area contributed by atoms with Gasteiger partial charge in [0.05, 0.1) is 42.4 Å². The number of ether oxygens (including phenoxy) is 2. The van der Waals surface area contributed by atoms with Gasteiger partial charge in [0.2, 0.25) is 5.95 Å². The predicted molar refractivity (Wildman–Crippen MR) is 147 cm³/mol. The molecule has 202 valence electrons. The summed E-state index contributed by atoms with van der Waals surface area (Å²) in [4.78, 5) is 35.2. The molecule has 3 N–H and O–H groups in total. The van der Waals surface area contributed by atoms with Crippen LogP contribution in [0.4, 0.5) is 38.0 Å². The molecule has 1 aromatic heterocycles. The number of carbonyl (C=O) groups excluding carboxylic acids is 2. The van der Waals surface area contributed by atoms with Gasteiger partial charge in [0.1, 0.15) is 16.6 Å². The van der Waals surface area contributed by atoms with E-state index in [0.29, 0.717) is 36.7 Å². The number of rotatable bonds is 7. The van der Waals surface area contributed by atoms with Gasteiger partial charge in [-0.1, -0.05) is 23.6 Å². The standard InChI is InChI=1S/C27H26ClFN6O4/c1-4-11-30-25(36)18-7-5-8-20(29)23(18)33-24-19(28)15-31-26(34-24)32-17-9-10-21-22(14-17)38-13-6-12-35(21)27(37)39-16(2)3/h1,5,7-10,14-16H,6,11-13H2,2-3H3,(H,30,36)(H2,31,32,33,34). The van der Waals surface area contributed by atoms with Gasteiger partial charge in [-0.25, -0.2) is 14.2 Å². The SMILES string of the molecule is C#CCNC(=O)c1cccc(F)c1Nc1nc(Nc2ccc3c(c2)OCCCN3C(=O)OC(C)C)ncc1Cl. The van der Waals surface area contributed by atoms with Crippen LogP contribution < -0.4 is 25.6 Å². The summed E-state index contributed by atoms with van der Waals surface area (Å²) in [5.74, 6) is 1.75. The number of nitrogens with zero attached hydrogens (tertiary/aromatic N) is 3. The van der Waals surface area contributed by atoms with Gasteiger partial charge in [-0.15, -0.1) is 6.42 Å². The highest BCUT2D eigenvalue weighted by atomic mass is 35.5. The number of terminal acetylenes is 1. The van der Waals surface area contributed by atoms with Crippen LogP contribution in [0.2, 0.25) is 5.02 Å². The van der Waals surface area contributed by atoms with Gasteiger partial charge in [0.15, 0.2) is 5.82 Å². The summed E-state index contributed by atoms with van der Waals surface area (Å²) in [7, 11) is 0. The van der Waals surface area contributed by atoms with Gasteiger partial charge in [-0.2, -0.15) is 4.98 Å². The molecule has 0 aliphatic carbocycles. The molecule has 0 saturated carbocycles. The molecule has 3 aromatic rings. The molecule has 39 heavy (non-hydrogen) atoms. The molecule has 1 aliphatic heterocycles. The van der Waals surface area contributed by atoms with E-state index in [2.05, 4.69) is 31.8 Å². The van der Waals surface area contributed by atoms with Gasteiger partial charge in [-0.05, 0) is 44.5 Å². The highest BCUT2D eigenvalue weighted by Crippen LogP contribution is 2.35. The molecule has 0 fully saturated rings. The molecule has 0 bridgehead atoms. The molecular formula is C27H26ClFN6O4. The fourth-order valence-electron chi connectivity index (χ4n) is 3.74. The molecule has 12 heteroatoms. The van der Waals surface area contributed by atoms with Crippen LogP contribution in [0.3, 0.4) is 0 Å². The van der Waals surface area contributed by atoms with Crippen molar-refractivity contribution in [2.45, 2.75) is 26.4 Å². The average Bonchev–Trinajstić information content (AvgIpc) is 3.12. The van der Waals surface area contributed by atoms with E-state index in [1.807, 2.05) is 0 Å². The minimum atomic E-state index is -0.684. The lowest BCUT2D eigenvalue weighted by Crippen LogP contribution is -2.33. The number of benzene rings is 2. The maximum atomic E-state index is 14.7. The van der Waals surface area contributed by atoms with Crippen molar-refractivity contribution in [3.8, 4) is 18.1 Å². The number of aromatic nitrogens is 2. The first-order chi connectivity index (χ1) is 18.8. The van der Waals surface area contributed by atoms with Crippen molar-refractivity contribution >= 4 is 52.4 Å². The first-order valence-corrected chi connectivity index (χ1v) is 12.5. The summed E-state index contributed by atoms with van der Waals surface area (Å²) in [6.07, 6.45) is 6.47. The Kier molecular flexibility index (Phi) is 8.68. The molecule has 4 rings (SSSR count). The van der Waals surface area contributed by atoms with Gasteiger partial charge in [-0.3, -0.25) is 9.69 Å². The summed E-state index contributed by atoms with van der Waals surface area (Å²) in [5, 5.41) is 8.45. The molecule has 2 amide bonds. The molecular weight excluding hydrogens is 527 g/mol. The molecule has 0 atom stereocenters. The normalized spacial score (nSPS) is 12.5. The van der Waals surface area contributed by atoms with Crippen molar-refractivity contribution in [1.82, 2.24) is 15.3 Å². The van der Waals surface area contributed by atoms with Crippen molar-refractivity contribution in [2.24, 2.45) is 0 Å². The Labute approximate surface area is 229 Å². The van der Waals surface area contributed by atoms with Crippen LogP contribution in [0, 0.1) is 18.2 Å². The third kappa shape index (κ3) is 6.66. The van der Waals surface area contributed by atoms with Crippen molar-refractivity contribution in [3.05, 3.63) is 59.0 Å². The van der Waals surface area contributed by atoms with Gasteiger partial charge >= 0.3 is 6.09 Å². The minimum absolute atomic E-state index is 0.0156. The van der Waals surface area contributed by atoms with E-state index in [0.717, 1.165) is 0 Å². The Balaban J connectivity index is 1.58.